The Morgan fingerprint density at radius 3 is 2.45 bits per heavy atom. The van der Waals surface area contributed by atoms with Crippen molar-refractivity contribution in [3.05, 3.63) is 77.4 Å². The zero-order valence-corrected chi connectivity index (χ0v) is 25.4. The number of carbonyl (C=O) groups excluding carboxylic acids is 1. The first-order valence-corrected chi connectivity index (χ1v) is 15.4. The molecule has 1 atom stereocenters. The molecular weight excluding hydrogens is 556 g/mol. The molecule has 0 aliphatic carbocycles. The van der Waals surface area contributed by atoms with Crippen molar-refractivity contribution in [1.29, 1.82) is 0 Å². The summed E-state index contributed by atoms with van der Waals surface area (Å²) in [6, 6.07) is 14.9. The maximum atomic E-state index is 12.9. The van der Waals surface area contributed by atoms with Gasteiger partial charge < -0.3 is 30.1 Å². The van der Waals surface area contributed by atoms with E-state index in [1.807, 2.05) is 68.1 Å². The third kappa shape index (κ3) is 4.80. The number of nitrogens with zero attached hydrogens (tertiary/aromatic N) is 6. The van der Waals surface area contributed by atoms with Crippen molar-refractivity contribution >= 4 is 23.2 Å². The summed E-state index contributed by atoms with van der Waals surface area (Å²) >= 11 is 0. The fraction of sp³-hybridized carbons (Fsp3) is 0.424. The van der Waals surface area contributed by atoms with Gasteiger partial charge in [-0.25, -0.2) is 9.97 Å². The monoisotopic (exact) mass is 594 g/mol. The van der Waals surface area contributed by atoms with Gasteiger partial charge in [-0.05, 0) is 77.4 Å². The second kappa shape index (κ2) is 11.0. The fourth-order valence-corrected chi connectivity index (χ4v) is 7.00. The van der Waals surface area contributed by atoms with Crippen LogP contribution in [0.25, 0.3) is 11.5 Å². The molecule has 2 bridgehead atoms. The van der Waals surface area contributed by atoms with Crippen LogP contribution in [0.5, 0.6) is 0 Å². The van der Waals surface area contributed by atoms with Gasteiger partial charge in [0.05, 0.1) is 40.7 Å². The fourth-order valence-electron chi connectivity index (χ4n) is 7.00. The van der Waals surface area contributed by atoms with Crippen LogP contribution in [0.4, 0.5) is 17.3 Å². The summed E-state index contributed by atoms with van der Waals surface area (Å²) in [4.78, 5) is 31.7. The molecule has 0 saturated carbocycles. The van der Waals surface area contributed by atoms with Crippen LogP contribution >= 0.6 is 0 Å². The van der Waals surface area contributed by atoms with E-state index in [1.54, 1.807) is 12.3 Å². The second-order valence-corrected chi connectivity index (χ2v) is 12.5. The number of carbonyl (C=O) groups is 1. The number of hydrogen-bond acceptors (Lipinski definition) is 10. The molecule has 228 valence electrons. The maximum absolute atomic E-state index is 12.9. The summed E-state index contributed by atoms with van der Waals surface area (Å²) < 4.78 is 5.89. The van der Waals surface area contributed by atoms with E-state index in [2.05, 4.69) is 20.7 Å². The van der Waals surface area contributed by atoms with Gasteiger partial charge in [-0.1, -0.05) is 35.5 Å². The Bertz CT molecular complexity index is 1670. The van der Waals surface area contributed by atoms with Gasteiger partial charge in [-0.15, -0.1) is 0 Å². The van der Waals surface area contributed by atoms with Gasteiger partial charge in [-0.2, -0.15) is 4.98 Å². The van der Waals surface area contributed by atoms with Gasteiger partial charge in [0.2, 0.25) is 0 Å². The number of pyridine rings is 2. The molecule has 4 aromatic rings. The van der Waals surface area contributed by atoms with E-state index in [9.17, 15) is 9.90 Å². The van der Waals surface area contributed by atoms with Crippen molar-refractivity contribution in [2.45, 2.75) is 57.0 Å². The molecule has 1 amide bonds. The highest BCUT2D eigenvalue weighted by molar-refractivity contribution is 5.99. The van der Waals surface area contributed by atoms with Gasteiger partial charge in [0, 0.05) is 24.2 Å². The van der Waals surface area contributed by atoms with E-state index in [4.69, 9.17) is 19.5 Å². The van der Waals surface area contributed by atoms with E-state index >= 15 is 0 Å². The summed E-state index contributed by atoms with van der Waals surface area (Å²) in [6.45, 7) is 9.67. The first-order valence-electron chi connectivity index (χ1n) is 15.4. The van der Waals surface area contributed by atoms with E-state index in [0.29, 0.717) is 40.9 Å². The average Bonchev–Trinajstić information content (AvgIpc) is 3.63. The number of nitrogens with one attached hydrogen (secondary N) is 2. The largest absolute Gasteiger partial charge is 0.394 e. The summed E-state index contributed by atoms with van der Waals surface area (Å²) in [5, 5.41) is 21.7. The van der Waals surface area contributed by atoms with Gasteiger partial charge >= 0.3 is 0 Å². The zero-order chi connectivity index (χ0) is 30.5. The Morgan fingerprint density at radius 2 is 1.75 bits per heavy atom. The van der Waals surface area contributed by atoms with Crippen LogP contribution in [0.3, 0.4) is 0 Å². The molecule has 0 spiro atoms. The lowest BCUT2D eigenvalue weighted by Crippen LogP contribution is -2.51. The van der Waals surface area contributed by atoms with Gasteiger partial charge in [0.1, 0.15) is 11.6 Å². The number of aromatic nitrogens is 4. The maximum Gasteiger partial charge on any atom is 0.261 e. The minimum atomic E-state index is -0.517. The minimum absolute atomic E-state index is 0.00582. The topological polar surface area (TPSA) is 133 Å². The predicted molar refractivity (Wildman–Crippen MR) is 167 cm³/mol. The summed E-state index contributed by atoms with van der Waals surface area (Å²) in [6.07, 6.45) is 4.81. The molecule has 3 fully saturated rings. The van der Waals surface area contributed by atoms with Crippen LogP contribution in [-0.4, -0.2) is 73.7 Å². The molecule has 8 rings (SSSR count). The molecule has 0 unspecified atom stereocenters. The molecule has 44 heavy (non-hydrogen) atoms. The van der Waals surface area contributed by atoms with Crippen molar-refractivity contribution in [3.63, 3.8) is 0 Å². The molecule has 4 aliphatic rings. The Labute approximate surface area is 256 Å². The molecule has 1 aromatic carbocycles. The second-order valence-electron chi connectivity index (χ2n) is 12.5. The van der Waals surface area contributed by atoms with Crippen LogP contribution in [0, 0.1) is 0 Å². The molecule has 11 nitrogen and oxygen atoms in total. The molecule has 11 heteroatoms. The Kier molecular flexibility index (Phi) is 7.09. The third-order valence-electron chi connectivity index (χ3n) is 9.67. The number of benzene rings is 1. The first-order chi connectivity index (χ1) is 21.3. The number of fused-ring (bicyclic) bond motifs is 4. The van der Waals surface area contributed by atoms with Crippen LogP contribution < -0.4 is 10.6 Å². The van der Waals surface area contributed by atoms with Crippen molar-refractivity contribution in [1.82, 2.24) is 29.9 Å². The lowest BCUT2D eigenvalue weighted by Gasteiger charge is -2.46. The number of piperidine rings is 3. The molecule has 3 aromatic heterocycles. The number of rotatable bonds is 9. The quantitative estimate of drug-likeness (QED) is 0.247. The third-order valence-corrected chi connectivity index (χ3v) is 9.67. The first kappa shape index (κ1) is 28.4. The smallest absolute Gasteiger partial charge is 0.261 e. The summed E-state index contributed by atoms with van der Waals surface area (Å²) in [5.41, 5.74) is 3.08. The molecule has 3 N–H and O–H groups in total. The molecule has 0 radical (unpaired) electrons. The lowest BCUT2D eigenvalue weighted by molar-refractivity contribution is 0.0631. The van der Waals surface area contributed by atoms with Gasteiger partial charge in [-0.3, -0.25) is 4.79 Å². The molecular formula is C33H38N8O3. The predicted octanol–water partition coefficient (Wildman–Crippen LogP) is 4.86. The molecule has 3 saturated heterocycles. The van der Waals surface area contributed by atoms with Crippen molar-refractivity contribution < 1.29 is 14.4 Å². The van der Waals surface area contributed by atoms with Crippen molar-refractivity contribution in [2.75, 3.05) is 43.4 Å². The van der Waals surface area contributed by atoms with E-state index < -0.39 is 5.54 Å². The van der Waals surface area contributed by atoms with Gasteiger partial charge in [0.15, 0.2) is 5.82 Å². The normalized spacial score (nSPS) is 22.6. The minimum Gasteiger partial charge on any atom is -0.394 e. The van der Waals surface area contributed by atoms with Crippen molar-refractivity contribution in [3.8, 4) is 11.5 Å². The SMILES string of the molecule is CCN1C(=O)c2ccc(Nc3cc(N[C@H](CO)c4ccccc4)c(-c4nc(C56CCN(CC5)CC6)no4)cn3)nc2C1(C)C. The number of aliphatic hydroxyl groups excluding tert-OH is 1. The highest BCUT2D eigenvalue weighted by Gasteiger charge is 2.45. The van der Waals surface area contributed by atoms with Crippen LogP contribution in [0.2, 0.25) is 0 Å². The molecule has 7 heterocycles. The molecule has 4 aliphatic heterocycles. The summed E-state index contributed by atoms with van der Waals surface area (Å²) in [7, 11) is 0. The number of aliphatic hydroxyl groups is 1. The Hall–Kier alpha value is -4.35. The van der Waals surface area contributed by atoms with Crippen LogP contribution in [0.15, 0.2) is 59.3 Å². The van der Waals surface area contributed by atoms with E-state index in [-0.39, 0.29) is 24.0 Å². The number of anilines is 3. The van der Waals surface area contributed by atoms with Crippen LogP contribution in [0.1, 0.15) is 73.5 Å². The number of hydrogen-bond donors (Lipinski definition) is 3. The van der Waals surface area contributed by atoms with Crippen LogP contribution in [-0.2, 0) is 11.0 Å². The van der Waals surface area contributed by atoms with Crippen molar-refractivity contribution in [2.24, 2.45) is 0 Å². The highest BCUT2D eigenvalue weighted by atomic mass is 16.5. The highest BCUT2D eigenvalue weighted by Crippen LogP contribution is 2.43. The summed E-state index contributed by atoms with van der Waals surface area (Å²) in [5.74, 6) is 2.28. The lowest BCUT2D eigenvalue weighted by atomic mass is 9.71. The Balaban J connectivity index is 1.23. The Morgan fingerprint density at radius 1 is 1.00 bits per heavy atom. The average molecular weight is 595 g/mol. The standard InChI is InChI=1S/C33H38N8O3/c1-4-41-30(43)22-10-11-26(37-28(22)32(41,2)3)36-27-18-24(35-25(20-42)21-8-6-5-7-9-21)23(19-34-27)29-38-31(39-44-29)33-12-15-40(16-13-33)17-14-33/h5-11,18-19,25,42H,4,12-17,20H2,1-3H3,(H2,34,35,36,37)/t25-/m1/s1. The zero-order valence-electron chi connectivity index (χ0n) is 25.4. The van der Waals surface area contributed by atoms with E-state index in [1.165, 1.54) is 0 Å². The van der Waals surface area contributed by atoms with Gasteiger partial charge in [0.25, 0.3) is 11.8 Å². The number of amides is 1. The van der Waals surface area contributed by atoms with E-state index in [0.717, 1.165) is 56.0 Å².